The van der Waals surface area contributed by atoms with E-state index in [0.717, 1.165) is 19.5 Å². The number of rotatable bonds is 5. The van der Waals surface area contributed by atoms with Crippen molar-refractivity contribution in [1.82, 2.24) is 4.90 Å². The number of β-amino-alcohol motifs (C(OH)–C–C–N with tert-alkyl or cyclic N) is 1. The van der Waals surface area contributed by atoms with Crippen LogP contribution < -0.4 is 4.74 Å². The maximum absolute atomic E-state index is 11.4. The Morgan fingerprint density at radius 3 is 2.84 bits per heavy atom. The molecule has 1 atom stereocenters. The summed E-state index contributed by atoms with van der Waals surface area (Å²) >= 11 is 0. The molecule has 1 aromatic carbocycles. The van der Waals surface area contributed by atoms with E-state index in [-0.39, 0.29) is 5.78 Å². The van der Waals surface area contributed by atoms with Gasteiger partial charge in [0.2, 0.25) is 0 Å². The lowest BCUT2D eigenvalue weighted by Gasteiger charge is -2.19. The Labute approximate surface area is 114 Å². The van der Waals surface area contributed by atoms with Crippen LogP contribution in [0.1, 0.15) is 30.6 Å². The van der Waals surface area contributed by atoms with Crippen molar-refractivity contribution < 1.29 is 14.6 Å². The highest BCUT2D eigenvalue weighted by Crippen LogP contribution is 2.21. The standard InChI is InChI=1S/C15H21NO3/c1-12(17)13-5-3-4-6-14(13)19-10-9-16-8-7-15(2,18)11-16/h3-6,18H,7-11H2,1-2H3. The monoisotopic (exact) mass is 263 g/mol. The second-order valence-electron chi connectivity index (χ2n) is 5.42. The minimum Gasteiger partial charge on any atom is -0.491 e. The lowest BCUT2D eigenvalue weighted by Crippen LogP contribution is -2.32. The van der Waals surface area contributed by atoms with Crippen LogP contribution in [-0.4, -0.2) is 47.6 Å². The highest BCUT2D eigenvalue weighted by atomic mass is 16.5. The zero-order chi connectivity index (χ0) is 13.9. The number of benzene rings is 1. The lowest BCUT2D eigenvalue weighted by atomic mass is 10.1. The van der Waals surface area contributed by atoms with Crippen LogP contribution >= 0.6 is 0 Å². The molecule has 1 saturated heterocycles. The first-order valence-electron chi connectivity index (χ1n) is 6.65. The molecule has 1 aromatic rings. The Hall–Kier alpha value is -1.39. The second kappa shape index (κ2) is 5.72. The van der Waals surface area contributed by atoms with Gasteiger partial charge < -0.3 is 9.84 Å². The molecule has 1 aliphatic heterocycles. The molecule has 19 heavy (non-hydrogen) atoms. The molecule has 1 unspecified atom stereocenters. The molecular weight excluding hydrogens is 242 g/mol. The molecule has 2 rings (SSSR count). The molecule has 0 aliphatic carbocycles. The lowest BCUT2D eigenvalue weighted by molar-refractivity contribution is 0.0670. The van der Waals surface area contributed by atoms with Crippen molar-refractivity contribution >= 4 is 5.78 Å². The Kier molecular flexibility index (Phi) is 4.22. The minimum absolute atomic E-state index is 0.0136. The second-order valence-corrected chi connectivity index (χ2v) is 5.42. The smallest absolute Gasteiger partial charge is 0.163 e. The third-order valence-electron chi connectivity index (χ3n) is 3.46. The molecule has 0 spiro atoms. The number of aliphatic hydroxyl groups is 1. The zero-order valence-corrected chi connectivity index (χ0v) is 11.6. The highest BCUT2D eigenvalue weighted by molar-refractivity contribution is 5.96. The summed E-state index contributed by atoms with van der Waals surface area (Å²) in [6.07, 6.45) is 0.803. The average molecular weight is 263 g/mol. The fraction of sp³-hybridized carbons (Fsp3) is 0.533. The fourth-order valence-corrected chi connectivity index (χ4v) is 2.40. The van der Waals surface area contributed by atoms with E-state index in [0.29, 0.717) is 24.5 Å². The van der Waals surface area contributed by atoms with Crippen LogP contribution in [0, 0.1) is 0 Å². The zero-order valence-electron chi connectivity index (χ0n) is 11.6. The van der Waals surface area contributed by atoms with Crippen molar-refractivity contribution in [2.24, 2.45) is 0 Å². The van der Waals surface area contributed by atoms with Crippen LogP contribution in [-0.2, 0) is 0 Å². The summed E-state index contributed by atoms with van der Waals surface area (Å²) < 4.78 is 5.68. The van der Waals surface area contributed by atoms with E-state index in [1.807, 2.05) is 25.1 Å². The molecule has 0 saturated carbocycles. The predicted molar refractivity (Wildman–Crippen MR) is 73.6 cm³/mol. The number of hydrogen-bond acceptors (Lipinski definition) is 4. The van der Waals surface area contributed by atoms with E-state index in [4.69, 9.17) is 4.74 Å². The van der Waals surface area contributed by atoms with Gasteiger partial charge in [0.25, 0.3) is 0 Å². The summed E-state index contributed by atoms with van der Waals surface area (Å²) in [7, 11) is 0. The summed E-state index contributed by atoms with van der Waals surface area (Å²) in [5.41, 5.74) is 0.0491. The molecule has 1 N–H and O–H groups in total. The molecule has 1 fully saturated rings. The van der Waals surface area contributed by atoms with Crippen molar-refractivity contribution in [2.45, 2.75) is 25.9 Å². The van der Waals surface area contributed by atoms with Crippen molar-refractivity contribution in [1.29, 1.82) is 0 Å². The number of Topliss-reactive ketones (excluding diaryl/α,β-unsaturated/α-hetero) is 1. The number of carbonyl (C=O) groups is 1. The van der Waals surface area contributed by atoms with E-state index in [2.05, 4.69) is 4.90 Å². The largest absolute Gasteiger partial charge is 0.491 e. The number of para-hydroxylation sites is 1. The van der Waals surface area contributed by atoms with Gasteiger partial charge >= 0.3 is 0 Å². The summed E-state index contributed by atoms with van der Waals surface area (Å²) in [5.74, 6) is 0.653. The van der Waals surface area contributed by atoms with Crippen LogP contribution in [0.15, 0.2) is 24.3 Å². The summed E-state index contributed by atoms with van der Waals surface area (Å²) in [5, 5.41) is 9.87. The molecule has 1 aliphatic rings. The molecule has 0 amide bonds. The van der Waals surface area contributed by atoms with Gasteiger partial charge in [0.05, 0.1) is 11.2 Å². The van der Waals surface area contributed by atoms with Gasteiger partial charge in [-0.3, -0.25) is 9.69 Å². The van der Waals surface area contributed by atoms with Gasteiger partial charge in [-0.05, 0) is 32.4 Å². The minimum atomic E-state index is -0.572. The van der Waals surface area contributed by atoms with E-state index in [1.54, 1.807) is 13.0 Å². The first-order valence-corrected chi connectivity index (χ1v) is 6.65. The molecule has 4 heteroatoms. The highest BCUT2D eigenvalue weighted by Gasteiger charge is 2.30. The van der Waals surface area contributed by atoms with Crippen LogP contribution in [0.3, 0.4) is 0 Å². The summed E-state index contributed by atoms with van der Waals surface area (Å²) in [6, 6.07) is 7.29. The maximum atomic E-state index is 11.4. The Morgan fingerprint density at radius 1 is 1.47 bits per heavy atom. The number of hydrogen-bond donors (Lipinski definition) is 1. The number of ether oxygens (including phenoxy) is 1. The first kappa shape index (κ1) is 14.0. The summed E-state index contributed by atoms with van der Waals surface area (Å²) in [6.45, 7) is 6.27. The van der Waals surface area contributed by atoms with E-state index in [9.17, 15) is 9.90 Å². The quantitative estimate of drug-likeness (QED) is 0.822. The topological polar surface area (TPSA) is 49.8 Å². The van der Waals surface area contributed by atoms with Gasteiger partial charge in [-0.25, -0.2) is 0 Å². The van der Waals surface area contributed by atoms with Gasteiger partial charge in [-0.1, -0.05) is 12.1 Å². The van der Waals surface area contributed by atoms with Crippen molar-refractivity contribution in [2.75, 3.05) is 26.2 Å². The molecule has 0 bridgehead atoms. The molecule has 0 radical (unpaired) electrons. The maximum Gasteiger partial charge on any atom is 0.163 e. The number of ketones is 1. The van der Waals surface area contributed by atoms with Gasteiger partial charge in [0.1, 0.15) is 12.4 Å². The van der Waals surface area contributed by atoms with Gasteiger partial charge in [-0.15, -0.1) is 0 Å². The van der Waals surface area contributed by atoms with E-state index < -0.39 is 5.60 Å². The predicted octanol–water partition coefficient (Wildman–Crippen LogP) is 1.72. The van der Waals surface area contributed by atoms with Crippen LogP contribution in [0.5, 0.6) is 5.75 Å². The summed E-state index contributed by atoms with van der Waals surface area (Å²) in [4.78, 5) is 13.6. The number of likely N-dealkylation sites (tertiary alicyclic amines) is 1. The van der Waals surface area contributed by atoms with Crippen molar-refractivity contribution in [3.63, 3.8) is 0 Å². The molecular formula is C15H21NO3. The molecule has 1 heterocycles. The SMILES string of the molecule is CC(=O)c1ccccc1OCCN1CCC(C)(O)C1. The third kappa shape index (κ3) is 3.78. The van der Waals surface area contributed by atoms with Crippen LogP contribution in [0.2, 0.25) is 0 Å². The number of nitrogens with zero attached hydrogens (tertiary/aromatic N) is 1. The molecule has 4 nitrogen and oxygen atoms in total. The number of carbonyl (C=O) groups excluding carboxylic acids is 1. The first-order chi connectivity index (χ1) is 8.98. The normalized spacial score (nSPS) is 23.5. The Bertz CT molecular complexity index is 456. The average Bonchev–Trinajstić information content (AvgIpc) is 2.69. The third-order valence-corrected chi connectivity index (χ3v) is 3.46. The van der Waals surface area contributed by atoms with Crippen LogP contribution in [0.4, 0.5) is 0 Å². The van der Waals surface area contributed by atoms with Crippen molar-refractivity contribution in [3.8, 4) is 5.75 Å². The Morgan fingerprint density at radius 2 is 2.21 bits per heavy atom. The molecule has 0 aromatic heterocycles. The van der Waals surface area contributed by atoms with Gasteiger partial charge in [0, 0.05) is 19.6 Å². The molecule has 104 valence electrons. The van der Waals surface area contributed by atoms with Crippen LogP contribution in [0.25, 0.3) is 0 Å². The van der Waals surface area contributed by atoms with E-state index in [1.165, 1.54) is 0 Å². The van der Waals surface area contributed by atoms with Gasteiger partial charge in [-0.2, -0.15) is 0 Å². The van der Waals surface area contributed by atoms with Crippen molar-refractivity contribution in [3.05, 3.63) is 29.8 Å². The van der Waals surface area contributed by atoms with Gasteiger partial charge in [0.15, 0.2) is 5.78 Å². The fourth-order valence-electron chi connectivity index (χ4n) is 2.40. The Balaban J connectivity index is 1.85. The van der Waals surface area contributed by atoms with E-state index >= 15 is 0 Å².